The Hall–Kier alpha value is -1.43. The molecule has 1 saturated heterocycles. The summed E-state index contributed by atoms with van der Waals surface area (Å²) in [5, 5.41) is 22.0. The predicted octanol–water partition coefficient (Wildman–Crippen LogP) is 1.07. The lowest BCUT2D eigenvalue weighted by Crippen LogP contribution is -2.34. The molecule has 122 valence electrons. The van der Waals surface area contributed by atoms with Gasteiger partial charge in [0.25, 0.3) is 5.91 Å². The molecule has 5 heteroatoms. The number of hydrogen-bond acceptors (Lipinski definition) is 4. The average molecular weight is 306 g/mol. The molecule has 0 saturated carbocycles. The maximum Gasteiger partial charge on any atom is 0.253 e. The Morgan fingerprint density at radius 2 is 2.09 bits per heavy atom. The van der Waals surface area contributed by atoms with Crippen LogP contribution in [0.15, 0.2) is 30.3 Å². The normalized spacial score (nSPS) is 20.0. The van der Waals surface area contributed by atoms with Crippen LogP contribution in [-0.2, 0) is 4.79 Å². The second kappa shape index (κ2) is 8.88. The highest BCUT2D eigenvalue weighted by molar-refractivity contribution is 5.81. The third-order valence-electron chi connectivity index (χ3n) is 4.24. The van der Waals surface area contributed by atoms with Crippen molar-refractivity contribution < 1.29 is 15.0 Å². The van der Waals surface area contributed by atoms with Gasteiger partial charge in [0, 0.05) is 12.6 Å². The molecule has 1 fully saturated rings. The van der Waals surface area contributed by atoms with Gasteiger partial charge in [-0.3, -0.25) is 9.69 Å². The number of unbranched alkanes of at least 4 members (excludes halogenated alkanes) is 1. The molecule has 1 aromatic rings. The van der Waals surface area contributed by atoms with Crippen molar-refractivity contribution in [2.45, 2.75) is 37.8 Å². The van der Waals surface area contributed by atoms with E-state index in [-0.39, 0.29) is 12.5 Å². The summed E-state index contributed by atoms with van der Waals surface area (Å²) in [5.41, 5.74) is 0.614. The Morgan fingerprint density at radius 3 is 2.82 bits per heavy atom. The van der Waals surface area contributed by atoms with Crippen LogP contribution in [0.3, 0.4) is 0 Å². The van der Waals surface area contributed by atoms with Crippen LogP contribution >= 0.6 is 0 Å². The molecule has 2 unspecified atom stereocenters. The fourth-order valence-electron chi connectivity index (χ4n) is 2.93. The second-order valence-electron chi connectivity index (χ2n) is 5.83. The molecule has 1 amide bonds. The fraction of sp³-hybridized carbons (Fsp3) is 0.588. The second-order valence-corrected chi connectivity index (χ2v) is 5.83. The van der Waals surface area contributed by atoms with Crippen LogP contribution in [0.5, 0.6) is 0 Å². The van der Waals surface area contributed by atoms with E-state index in [9.17, 15) is 15.0 Å². The minimum atomic E-state index is -1.10. The van der Waals surface area contributed by atoms with Crippen molar-refractivity contribution in [1.82, 2.24) is 10.2 Å². The lowest BCUT2D eigenvalue weighted by atomic mass is 10.1. The van der Waals surface area contributed by atoms with Crippen LogP contribution in [0.2, 0.25) is 0 Å². The van der Waals surface area contributed by atoms with Gasteiger partial charge in [0.2, 0.25) is 0 Å². The zero-order valence-electron chi connectivity index (χ0n) is 12.9. The van der Waals surface area contributed by atoms with Crippen molar-refractivity contribution >= 4 is 5.91 Å². The molecule has 5 nitrogen and oxygen atoms in total. The molecule has 0 bridgehead atoms. The summed E-state index contributed by atoms with van der Waals surface area (Å²) in [6.45, 7) is 2.83. The largest absolute Gasteiger partial charge is 0.395 e. The Morgan fingerprint density at radius 1 is 1.32 bits per heavy atom. The first-order valence-corrected chi connectivity index (χ1v) is 8.08. The highest BCUT2D eigenvalue weighted by Crippen LogP contribution is 2.17. The van der Waals surface area contributed by atoms with Crippen LogP contribution in [0, 0.1) is 0 Å². The van der Waals surface area contributed by atoms with Crippen molar-refractivity contribution in [3.8, 4) is 0 Å². The number of carbonyl (C=O) groups is 1. The van der Waals surface area contributed by atoms with E-state index in [1.165, 1.54) is 0 Å². The Bertz CT molecular complexity index is 452. The minimum absolute atomic E-state index is 0.236. The molecule has 0 spiro atoms. The van der Waals surface area contributed by atoms with Crippen molar-refractivity contribution in [3.05, 3.63) is 35.9 Å². The summed E-state index contributed by atoms with van der Waals surface area (Å²) in [6, 6.07) is 9.26. The summed E-state index contributed by atoms with van der Waals surface area (Å²) >= 11 is 0. The van der Waals surface area contributed by atoms with E-state index in [1.807, 2.05) is 6.07 Å². The molecule has 1 heterocycles. The van der Waals surface area contributed by atoms with Crippen molar-refractivity contribution in [2.75, 3.05) is 26.2 Å². The number of rotatable bonds is 8. The third-order valence-corrected chi connectivity index (χ3v) is 4.24. The molecule has 0 radical (unpaired) electrons. The number of carbonyl (C=O) groups excluding carboxylic acids is 1. The SMILES string of the molecule is O=C(NCCCCN1CCCC1CO)C(O)c1ccccc1. The molecule has 1 aromatic carbocycles. The molecule has 0 aliphatic carbocycles. The molecular formula is C17H26N2O3. The molecule has 1 aliphatic heterocycles. The van der Waals surface area contributed by atoms with E-state index >= 15 is 0 Å². The first kappa shape index (κ1) is 16.9. The Balaban J connectivity index is 1.61. The zero-order chi connectivity index (χ0) is 15.8. The van der Waals surface area contributed by atoms with Crippen LogP contribution in [0.1, 0.15) is 37.4 Å². The number of aliphatic hydroxyl groups is 2. The molecule has 0 aromatic heterocycles. The molecule has 22 heavy (non-hydrogen) atoms. The summed E-state index contributed by atoms with van der Waals surface area (Å²) in [7, 11) is 0. The molecule has 2 atom stereocenters. The maximum absolute atomic E-state index is 11.9. The Labute approximate surface area is 131 Å². The van der Waals surface area contributed by atoms with Gasteiger partial charge in [0.05, 0.1) is 6.61 Å². The highest BCUT2D eigenvalue weighted by atomic mass is 16.3. The minimum Gasteiger partial charge on any atom is -0.395 e. The van der Waals surface area contributed by atoms with Crippen LogP contribution in [-0.4, -0.2) is 53.3 Å². The molecular weight excluding hydrogens is 280 g/mol. The van der Waals surface area contributed by atoms with Gasteiger partial charge in [-0.15, -0.1) is 0 Å². The summed E-state index contributed by atoms with van der Waals surface area (Å²) in [6.07, 6.45) is 3.00. The van der Waals surface area contributed by atoms with Crippen LogP contribution in [0.4, 0.5) is 0 Å². The quantitative estimate of drug-likeness (QED) is 0.628. The van der Waals surface area contributed by atoms with Crippen LogP contribution < -0.4 is 5.32 Å². The van der Waals surface area contributed by atoms with Gasteiger partial charge in [0.15, 0.2) is 6.10 Å². The lowest BCUT2D eigenvalue weighted by Gasteiger charge is -2.22. The van der Waals surface area contributed by atoms with Crippen molar-refractivity contribution in [2.24, 2.45) is 0 Å². The summed E-state index contributed by atoms with van der Waals surface area (Å²) < 4.78 is 0. The van der Waals surface area contributed by atoms with Crippen molar-refractivity contribution in [1.29, 1.82) is 0 Å². The van der Waals surface area contributed by atoms with E-state index in [1.54, 1.807) is 24.3 Å². The lowest BCUT2D eigenvalue weighted by molar-refractivity contribution is -0.129. The van der Waals surface area contributed by atoms with Gasteiger partial charge in [-0.1, -0.05) is 30.3 Å². The van der Waals surface area contributed by atoms with E-state index in [4.69, 9.17) is 0 Å². The van der Waals surface area contributed by atoms with Crippen molar-refractivity contribution in [3.63, 3.8) is 0 Å². The maximum atomic E-state index is 11.9. The van der Waals surface area contributed by atoms with E-state index in [0.717, 1.165) is 38.8 Å². The van der Waals surface area contributed by atoms with E-state index in [0.29, 0.717) is 18.2 Å². The zero-order valence-corrected chi connectivity index (χ0v) is 12.9. The van der Waals surface area contributed by atoms with Gasteiger partial charge >= 0.3 is 0 Å². The predicted molar refractivity (Wildman–Crippen MR) is 85.3 cm³/mol. The number of nitrogens with one attached hydrogen (secondary N) is 1. The average Bonchev–Trinajstić information content (AvgIpc) is 3.02. The third kappa shape index (κ3) is 4.80. The monoisotopic (exact) mass is 306 g/mol. The van der Waals surface area contributed by atoms with Gasteiger partial charge in [0.1, 0.15) is 0 Å². The molecule has 1 aliphatic rings. The first-order chi connectivity index (χ1) is 10.7. The van der Waals surface area contributed by atoms with Gasteiger partial charge in [-0.05, 0) is 44.3 Å². The van der Waals surface area contributed by atoms with Gasteiger partial charge in [-0.25, -0.2) is 0 Å². The highest BCUT2D eigenvalue weighted by Gasteiger charge is 2.22. The number of likely N-dealkylation sites (tertiary alicyclic amines) is 1. The van der Waals surface area contributed by atoms with Gasteiger partial charge < -0.3 is 15.5 Å². The van der Waals surface area contributed by atoms with E-state index in [2.05, 4.69) is 10.2 Å². The fourth-order valence-corrected chi connectivity index (χ4v) is 2.93. The summed E-state index contributed by atoms with van der Waals surface area (Å²) in [5.74, 6) is -0.347. The Kier molecular flexibility index (Phi) is 6.83. The number of amides is 1. The molecule has 2 rings (SSSR count). The number of benzene rings is 1. The number of hydrogen-bond donors (Lipinski definition) is 3. The smallest absolute Gasteiger partial charge is 0.253 e. The van der Waals surface area contributed by atoms with Gasteiger partial charge in [-0.2, -0.15) is 0 Å². The van der Waals surface area contributed by atoms with Crippen LogP contribution in [0.25, 0.3) is 0 Å². The summed E-state index contributed by atoms with van der Waals surface area (Å²) in [4.78, 5) is 14.2. The number of aliphatic hydroxyl groups excluding tert-OH is 2. The topological polar surface area (TPSA) is 72.8 Å². The van der Waals surface area contributed by atoms with E-state index < -0.39 is 6.10 Å². The standard InChI is InChI=1S/C17H26N2O3/c20-13-15-9-6-12-19(15)11-5-4-10-18-17(22)16(21)14-7-2-1-3-8-14/h1-3,7-8,15-16,20-21H,4-6,9-13H2,(H,18,22). The number of nitrogens with zero attached hydrogens (tertiary/aromatic N) is 1. The first-order valence-electron chi connectivity index (χ1n) is 8.08. The molecule has 3 N–H and O–H groups in total.